The van der Waals surface area contributed by atoms with Crippen LogP contribution in [0.25, 0.3) is 0 Å². The molecule has 0 spiro atoms. The standard InChI is InChI=1S/C21H40N4O6/c1-13(2)12-15(25-19(29)31-21(6,7)8)17(27)24-14(16(22)26)10-9-11-23-18(28)30-20(3,4)5/h13-15H,9-12H2,1-8H3,(H2,22,26)(H,23,28)(H,24,27)(H,25,29)/t14-,15-/m1/s1. The van der Waals surface area contributed by atoms with Crippen molar-refractivity contribution in [1.82, 2.24) is 16.0 Å². The van der Waals surface area contributed by atoms with Crippen molar-refractivity contribution >= 4 is 24.0 Å². The van der Waals surface area contributed by atoms with Crippen molar-refractivity contribution in [3.8, 4) is 0 Å². The molecule has 0 bridgehead atoms. The van der Waals surface area contributed by atoms with Gasteiger partial charge in [-0.05, 0) is 66.7 Å². The molecular weight excluding hydrogens is 404 g/mol. The van der Waals surface area contributed by atoms with E-state index >= 15 is 0 Å². The second-order valence-corrected chi connectivity index (χ2v) is 9.86. The molecule has 0 saturated heterocycles. The number of amides is 4. The monoisotopic (exact) mass is 444 g/mol. The zero-order valence-corrected chi connectivity index (χ0v) is 20.1. The van der Waals surface area contributed by atoms with E-state index in [4.69, 9.17) is 15.2 Å². The second-order valence-electron chi connectivity index (χ2n) is 9.86. The number of hydrogen-bond acceptors (Lipinski definition) is 6. The van der Waals surface area contributed by atoms with Crippen LogP contribution in [0.4, 0.5) is 9.59 Å². The fourth-order valence-corrected chi connectivity index (χ4v) is 2.52. The number of primary amides is 1. The highest BCUT2D eigenvalue weighted by Gasteiger charge is 2.28. The maximum atomic E-state index is 12.7. The highest BCUT2D eigenvalue weighted by atomic mass is 16.6. The largest absolute Gasteiger partial charge is 0.444 e. The van der Waals surface area contributed by atoms with Crippen LogP contribution in [-0.2, 0) is 19.1 Å². The second kappa shape index (κ2) is 12.4. The van der Waals surface area contributed by atoms with Crippen LogP contribution in [0.2, 0.25) is 0 Å². The highest BCUT2D eigenvalue weighted by molar-refractivity contribution is 5.90. The minimum atomic E-state index is -0.942. The van der Waals surface area contributed by atoms with Gasteiger partial charge < -0.3 is 31.2 Å². The molecule has 0 rings (SSSR count). The lowest BCUT2D eigenvalue weighted by Crippen LogP contribution is -2.54. The number of nitrogens with one attached hydrogen (secondary N) is 3. The van der Waals surface area contributed by atoms with Gasteiger partial charge in [-0.15, -0.1) is 0 Å². The molecule has 0 radical (unpaired) electrons. The summed E-state index contributed by atoms with van der Waals surface area (Å²) in [6.45, 7) is 14.5. The molecule has 180 valence electrons. The van der Waals surface area contributed by atoms with Gasteiger partial charge in [-0.1, -0.05) is 13.8 Å². The Morgan fingerprint density at radius 2 is 1.35 bits per heavy atom. The van der Waals surface area contributed by atoms with Crippen LogP contribution in [0, 0.1) is 5.92 Å². The lowest BCUT2D eigenvalue weighted by atomic mass is 10.0. The van der Waals surface area contributed by atoms with Crippen LogP contribution in [0.3, 0.4) is 0 Å². The third kappa shape index (κ3) is 15.0. The zero-order valence-electron chi connectivity index (χ0n) is 20.1. The number of ether oxygens (including phenoxy) is 2. The maximum Gasteiger partial charge on any atom is 0.408 e. The van der Waals surface area contributed by atoms with Crippen LogP contribution in [0.15, 0.2) is 0 Å². The van der Waals surface area contributed by atoms with E-state index in [2.05, 4.69) is 16.0 Å². The maximum absolute atomic E-state index is 12.7. The van der Waals surface area contributed by atoms with Gasteiger partial charge in [0.2, 0.25) is 11.8 Å². The Hall–Kier alpha value is -2.52. The topological polar surface area (TPSA) is 149 Å². The van der Waals surface area contributed by atoms with Crippen LogP contribution < -0.4 is 21.7 Å². The summed E-state index contributed by atoms with van der Waals surface area (Å²) in [5, 5.41) is 7.73. The number of carbonyl (C=O) groups excluding carboxylic acids is 4. The number of nitrogens with two attached hydrogens (primary N) is 1. The van der Waals surface area contributed by atoms with Gasteiger partial charge >= 0.3 is 12.2 Å². The first-order valence-corrected chi connectivity index (χ1v) is 10.6. The van der Waals surface area contributed by atoms with Crippen LogP contribution in [-0.4, -0.2) is 53.8 Å². The number of rotatable bonds is 10. The first-order valence-electron chi connectivity index (χ1n) is 10.6. The number of carbonyl (C=O) groups is 4. The third-order valence-corrected chi connectivity index (χ3v) is 3.71. The Kier molecular flexibility index (Phi) is 11.4. The molecular formula is C21H40N4O6. The van der Waals surface area contributed by atoms with E-state index in [1.807, 2.05) is 13.8 Å². The molecule has 10 nitrogen and oxygen atoms in total. The van der Waals surface area contributed by atoms with Crippen LogP contribution in [0.1, 0.15) is 74.7 Å². The molecule has 0 unspecified atom stereocenters. The fourth-order valence-electron chi connectivity index (χ4n) is 2.52. The minimum absolute atomic E-state index is 0.107. The Balaban J connectivity index is 4.83. The molecule has 0 fully saturated rings. The summed E-state index contributed by atoms with van der Waals surface area (Å²) in [6.07, 6.45) is -0.313. The summed E-state index contributed by atoms with van der Waals surface area (Å²) in [5.41, 5.74) is 4.10. The first kappa shape index (κ1) is 28.5. The fraction of sp³-hybridized carbons (Fsp3) is 0.810. The van der Waals surface area contributed by atoms with Crippen molar-refractivity contribution in [2.24, 2.45) is 11.7 Å². The van der Waals surface area contributed by atoms with Gasteiger partial charge in [0.15, 0.2) is 0 Å². The first-order chi connectivity index (χ1) is 14.0. The van der Waals surface area contributed by atoms with Crippen molar-refractivity contribution in [3.05, 3.63) is 0 Å². The summed E-state index contributed by atoms with van der Waals surface area (Å²) >= 11 is 0. The molecule has 0 aliphatic heterocycles. The Morgan fingerprint density at radius 3 is 1.81 bits per heavy atom. The summed E-state index contributed by atoms with van der Waals surface area (Å²) in [6, 6.07) is -1.82. The van der Waals surface area contributed by atoms with Crippen molar-refractivity contribution in [1.29, 1.82) is 0 Å². The van der Waals surface area contributed by atoms with Gasteiger partial charge in [0.1, 0.15) is 23.3 Å². The molecule has 0 aromatic rings. The van der Waals surface area contributed by atoms with Gasteiger partial charge in [0.25, 0.3) is 0 Å². The molecule has 4 amide bonds. The van der Waals surface area contributed by atoms with Crippen LogP contribution in [0.5, 0.6) is 0 Å². The molecule has 0 heterocycles. The SMILES string of the molecule is CC(C)C[C@@H](NC(=O)OC(C)(C)C)C(=O)N[C@H](CCCNC(=O)OC(C)(C)C)C(N)=O. The quantitative estimate of drug-likeness (QED) is 0.380. The van der Waals surface area contributed by atoms with E-state index in [0.717, 1.165) is 0 Å². The van der Waals surface area contributed by atoms with Crippen molar-refractivity contribution in [3.63, 3.8) is 0 Å². The van der Waals surface area contributed by atoms with E-state index in [9.17, 15) is 19.2 Å². The number of alkyl carbamates (subject to hydrolysis) is 2. The Bertz CT molecular complexity index is 622. The van der Waals surface area contributed by atoms with Gasteiger partial charge in [0, 0.05) is 6.54 Å². The van der Waals surface area contributed by atoms with E-state index in [1.165, 1.54) is 0 Å². The van der Waals surface area contributed by atoms with E-state index in [1.54, 1.807) is 41.5 Å². The third-order valence-electron chi connectivity index (χ3n) is 3.71. The summed E-state index contributed by atoms with van der Waals surface area (Å²) < 4.78 is 10.3. The summed E-state index contributed by atoms with van der Waals surface area (Å²) in [4.78, 5) is 48.3. The van der Waals surface area contributed by atoms with Gasteiger partial charge in [-0.25, -0.2) is 9.59 Å². The lowest BCUT2D eigenvalue weighted by Gasteiger charge is -2.25. The van der Waals surface area contributed by atoms with E-state index < -0.39 is 47.3 Å². The van der Waals surface area contributed by atoms with Gasteiger partial charge in [0.05, 0.1) is 0 Å². The van der Waals surface area contributed by atoms with E-state index in [-0.39, 0.29) is 18.9 Å². The smallest absolute Gasteiger partial charge is 0.408 e. The lowest BCUT2D eigenvalue weighted by molar-refractivity contribution is -0.129. The Labute approximate surface area is 185 Å². The van der Waals surface area contributed by atoms with Crippen molar-refractivity contribution in [2.45, 2.75) is 97.9 Å². The molecule has 0 aromatic carbocycles. The molecule has 0 aliphatic rings. The number of hydrogen-bond donors (Lipinski definition) is 4. The molecule has 0 saturated carbocycles. The average Bonchev–Trinajstić information content (AvgIpc) is 2.52. The summed E-state index contributed by atoms with van der Waals surface area (Å²) in [5.74, 6) is -1.12. The van der Waals surface area contributed by atoms with Crippen molar-refractivity contribution in [2.75, 3.05) is 6.54 Å². The van der Waals surface area contributed by atoms with Crippen molar-refractivity contribution < 1.29 is 28.7 Å². The average molecular weight is 445 g/mol. The Morgan fingerprint density at radius 1 is 0.839 bits per heavy atom. The molecule has 2 atom stereocenters. The molecule has 5 N–H and O–H groups in total. The predicted octanol–water partition coefficient (Wildman–Crippen LogP) is 2.20. The van der Waals surface area contributed by atoms with E-state index in [0.29, 0.717) is 12.8 Å². The molecule has 0 aromatic heterocycles. The van der Waals surface area contributed by atoms with Crippen LogP contribution >= 0.6 is 0 Å². The minimum Gasteiger partial charge on any atom is -0.444 e. The molecule has 10 heteroatoms. The normalized spacial score (nSPS) is 13.7. The molecule has 31 heavy (non-hydrogen) atoms. The zero-order chi connectivity index (χ0) is 24.4. The van der Waals surface area contributed by atoms with Gasteiger partial charge in [-0.3, -0.25) is 9.59 Å². The predicted molar refractivity (Wildman–Crippen MR) is 117 cm³/mol. The highest BCUT2D eigenvalue weighted by Crippen LogP contribution is 2.10. The molecule has 0 aliphatic carbocycles. The summed E-state index contributed by atoms with van der Waals surface area (Å²) in [7, 11) is 0. The van der Waals surface area contributed by atoms with Gasteiger partial charge in [-0.2, -0.15) is 0 Å².